The fourth-order valence-corrected chi connectivity index (χ4v) is 5.67. The normalized spacial score (nSPS) is 24.3. The minimum atomic E-state index is -0.105. The molecule has 1 amide bonds. The van der Waals surface area contributed by atoms with Crippen LogP contribution in [0.15, 0.2) is 72.7 Å². The van der Waals surface area contributed by atoms with Crippen LogP contribution in [0.25, 0.3) is 0 Å². The summed E-state index contributed by atoms with van der Waals surface area (Å²) in [6.45, 7) is 2.15. The van der Waals surface area contributed by atoms with Crippen molar-refractivity contribution in [1.82, 2.24) is 4.90 Å². The molecule has 0 unspecified atom stereocenters. The van der Waals surface area contributed by atoms with Crippen molar-refractivity contribution in [3.05, 3.63) is 78.2 Å². The molecule has 3 aliphatic rings. The highest BCUT2D eigenvalue weighted by molar-refractivity contribution is 6.04. The van der Waals surface area contributed by atoms with E-state index in [1.807, 2.05) is 35.2 Å². The Morgan fingerprint density at radius 2 is 1.56 bits per heavy atom. The Labute approximate surface area is 190 Å². The molecule has 2 atom stereocenters. The molecule has 0 N–H and O–H groups in total. The van der Waals surface area contributed by atoms with Gasteiger partial charge in [0.15, 0.2) is 0 Å². The molecule has 5 heteroatoms. The molecule has 0 bridgehead atoms. The first-order valence-electron chi connectivity index (χ1n) is 11.9. The zero-order valence-corrected chi connectivity index (χ0v) is 18.6. The van der Waals surface area contributed by atoms with Gasteiger partial charge in [-0.25, -0.2) is 0 Å². The maximum Gasteiger partial charge on any atom is 0.297 e. The second-order valence-electron chi connectivity index (χ2n) is 9.06. The highest BCUT2D eigenvalue weighted by atomic mass is 16.7. The van der Waals surface area contributed by atoms with Crippen LogP contribution in [0, 0.1) is 0 Å². The molecule has 5 nitrogen and oxygen atoms in total. The number of ether oxygens (including phenoxy) is 2. The van der Waals surface area contributed by atoms with Crippen LogP contribution in [0.3, 0.4) is 0 Å². The number of benzene rings is 2. The molecule has 0 aromatic heterocycles. The van der Waals surface area contributed by atoms with Crippen LogP contribution in [-0.4, -0.2) is 42.8 Å². The molecule has 2 aliphatic heterocycles. The highest BCUT2D eigenvalue weighted by Crippen LogP contribution is 2.38. The summed E-state index contributed by atoms with van der Waals surface area (Å²) in [6.07, 6.45) is 8.55. The largest absolute Gasteiger partial charge is 0.461 e. The predicted molar refractivity (Wildman–Crippen MR) is 125 cm³/mol. The molecule has 2 aromatic carbocycles. The van der Waals surface area contributed by atoms with Crippen LogP contribution in [0.1, 0.15) is 50.0 Å². The van der Waals surface area contributed by atoms with Gasteiger partial charge in [0.25, 0.3) is 5.91 Å². The average Bonchev–Trinajstić information content (AvgIpc) is 3.41. The molecule has 32 heavy (non-hydrogen) atoms. The van der Waals surface area contributed by atoms with Gasteiger partial charge in [0.2, 0.25) is 12.6 Å². The second-order valence-corrected chi connectivity index (χ2v) is 9.06. The van der Waals surface area contributed by atoms with Crippen LogP contribution in [0.2, 0.25) is 0 Å². The first kappa shape index (κ1) is 21.1. The van der Waals surface area contributed by atoms with Crippen molar-refractivity contribution in [2.75, 3.05) is 24.8 Å². The lowest BCUT2D eigenvalue weighted by atomic mass is 9.78. The summed E-state index contributed by atoms with van der Waals surface area (Å²) in [6, 6.07) is 21.8. The van der Waals surface area contributed by atoms with Crippen LogP contribution < -0.4 is 4.90 Å². The SMILES string of the molecule is O=C(C1=COCO1)N(c1ccccc1)C1CCN([C@@H]2CCCC[C@@H]2c2ccccc2)CC1. The van der Waals surface area contributed by atoms with Crippen molar-refractivity contribution in [2.45, 2.75) is 56.5 Å². The quantitative estimate of drug-likeness (QED) is 0.663. The van der Waals surface area contributed by atoms with Gasteiger partial charge in [-0.2, -0.15) is 0 Å². The van der Waals surface area contributed by atoms with E-state index < -0.39 is 0 Å². The van der Waals surface area contributed by atoms with E-state index in [0.29, 0.717) is 17.7 Å². The third-order valence-corrected chi connectivity index (χ3v) is 7.23. The topological polar surface area (TPSA) is 42.0 Å². The number of rotatable bonds is 5. The number of likely N-dealkylation sites (tertiary alicyclic amines) is 1. The lowest BCUT2D eigenvalue weighted by Gasteiger charge is -2.45. The van der Waals surface area contributed by atoms with Crippen molar-refractivity contribution in [3.63, 3.8) is 0 Å². The van der Waals surface area contributed by atoms with Crippen LogP contribution in [-0.2, 0) is 14.3 Å². The van der Waals surface area contributed by atoms with E-state index >= 15 is 0 Å². The summed E-state index contributed by atoms with van der Waals surface area (Å²) in [5.74, 6) is 0.808. The Hall–Kier alpha value is -2.79. The second kappa shape index (κ2) is 9.78. The van der Waals surface area contributed by atoms with Gasteiger partial charge in [-0.1, -0.05) is 61.4 Å². The van der Waals surface area contributed by atoms with E-state index in [2.05, 4.69) is 35.2 Å². The van der Waals surface area contributed by atoms with Crippen LogP contribution in [0.4, 0.5) is 5.69 Å². The number of anilines is 1. The number of carbonyl (C=O) groups excluding carboxylic acids is 1. The van der Waals surface area contributed by atoms with Gasteiger partial charge >= 0.3 is 0 Å². The summed E-state index contributed by atoms with van der Waals surface area (Å²) in [5, 5.41) is 0. The van der Waals surface area contributed by atoms with E-state index in [9.17, 15) is 4.79 Å². The van der Waals surface area contributed by atoms with E-state index in [0.717, 1.165) is 31.6 Å². The summed E-state index contributed by atoms with van der Waals surface area (Å²) < 4.78 is 10.6. The van der Waals surface area contributed by atoms with Crippen molar-refractivity contribution in [3.8, 4) is 0 Å². The third kappa shape index (κ3) is 4.40. The van der Waals surface area contributed by atoms with Crippen molar-refractivity contribution < 1.29 is 14.3 Å². The molecule has 2 heterocycles. The highest BCUT2D eigenvalue weighted by Gasteiger charge is 2.37. The number of para-hydroxylation sites is 1. The lowest BCUT2D eigenvalue weighted by Crippen LogP contribution is -2.52. The number of piperidine rings is 1. The Morgan fingerprint density at radius 1 is 0.875 bits per heavy atom. The summed E-state index contributed by atoms with van der Waals surface area (Å²) in [7, 11) is 0. The molecular formula is C27H32N2O3. The van der Waals surface area contributed by atoms with E-state index in [-0.39, 0.29) is 18.7 Å². The Kier molecular flexibility index (Phi) is 6.44. The van der Waals surface area contributed by atoms with Gasteiger partial charge in [-0.05, 0) is 49.3 Å². The molecule has 1 saturated heterocycles. The van der Waals surface area contributed by atoms with Crippen molar-refractivity contribution in [2.24, 2.45) is 0 Å². The van der Waals surface area contributed by atoms with Gasteiger partial charge in [-0.3, -0.25) is 9.69 Å². The van der Waals surface area contributed by atoms with Gasteiger partial charge in [-0.15, -0.1) is 0 Å². The number of amides is 1. The van der Waals surface area contributed by atoms with E-state index in [4.69, 9.17) is 9.47 Å². The number of hydrogen-bond donors (Lipinski definition) is 0. The molecule has 1 saturated carbocycles. The molecule has 168 valence electrons. The number of hydrogen-bond acceptors (Lipinski definition) is 4. The van der Waals surface area contributed by atoms with Gasteiger partial charge in [0.1, 0.15) is 6.26 Å². The zero-order chi connectivity index (χ0) is 21.8. The van der Waals surface area contributed by atoms with Crippen LogP contribution in [0.5, 0.6) is 0 Å². The van der Waals surface area contributed by atoms with Crippen molar-refractivity contribution in [1.29, 1.82) is 0 Å². The fraction of sp³-hybridized carbons (Fsp3) is 0.444. The minimum absolute atomic E-state index is 0.105. The first-order valence-corrected chi connectivity index (χ1v) is 11.9. The fourth-order valence-electron chi connectivity index (χ4n) is 5.67. The first-order chi connectivity index (χ1) is 15.8. The van der Waals surface area contributed by atoms with Gasteiger partial charge < -0.3 is 14.4 Å². The Balaban J connectivity index is 1.31. The molecule has 0 radical (unpaired) electrons. The molecule has 5 rings (SSSR count). The lowest BCUT2D eigenvalue weighted by molar-refractivity contribution is -0.119. The van der Waals surface area contributed by atoms with E-state index in [1.54, 1.807) is 0 Å². The molecular weight excluding hydrogens is 400 g/mol. The maximum absolute atomic E-state index is 13.3. The predicted octanol–water partition coefficient (Wildman–Crippen LogP) is 5.06. The zero-order valence-electron chi connectivity index (χ0n) is 18.6. The number of nitrogens with zero attached hydrogens (tertiary/aromatic N) is 2. The standard InChI is InChI=1S/C27H32N2O3/c30-27(26-19-31-20-32-26)29(22-11-5-2-6-12-22)23-15-17-28(18-16-23)25-14-8-7-13-24(25)21-9-3-1-4-10-21/h1-6,9-12,19,23-25H,7-8,13-18,20H2/t24-,25-/m1/s1. The maximum atomic E-state index is 13.3. The molecule has 1 aliphatic carbocycles. The average molecular weight is 433 g/mol. The third-order valence-electron chi connectivity index (χ3n) is 7.23. The smallest absolute Gasteiger partial charge is 0.297 e. The van der Waals surface area contributed by atoms with Crippen molar-refractivity contribution >= 4 is 11.6 Å². The molecule has 2 fully saturated rings. The monoisotopic (exact) mass is 432 g/mol. The molecule has 2 aromatic rings. The Morgan fingerprint density at radius 3 is 2.25 bits per heavy atom. The summed E-state index contributed by atoms with van der Waals surface area (Å²) in [5.41, 5.74) is 2.40. The van der Waals surface area contributed by atoms with Crippen LogP contribution >= 0.6 is 0 Å². The molecule has 0 spiro atoms. The van der Waals surface area contributed by atoms with Gasteiger partial charge in [0.05, 0.1) is 0 Å². The number of carbonyl (C=O) groups is 1. The summed E-state index contributed by atoms with van der Waals surface area (Å²) >= 11 is 0. The minimum Gasteiger partial charge on any atom is -0.461 e. The van der Waals surface area contributed by atoms with Gasteiger partial charge in [0, 0.05) is 30.9 Å². The van der Waals surface area contributed by atoms with E-state index in [1.165, 1.54) is 37.5 Å². The Bertz CT molecular complexity index is 922. The summed E-state index contributed by atoms with van der Waals surface area (Å²) in [4.78, 5) is 17.9.